The molecule has 130 valence electrons. The second-order valence-corrected chi connectivity index (χ2v) is 7.26. The van der Waals surface area contributed by atoms with Crippen LogP contribution in [0.3, 0.4) is 0 Å². The fraction of sp³-hybridized carbons (Fsp3) is 0.429. The number of hydrogen-bond acceptors (Lipinski definition) is 2. The maximum atomic E-state index is 13.1. The van der Waals surface area contributed by atoms with Crippen LogP contribution >= 0.6 is 0 Å². The molecule has 25 heavy (non-hydrogen) atoms. The van der Waals surface area contributed by atoms with E-state index in [1.165, 1.54) is 16.3 Å². The quantitative estimate of drug-likeness (QED) is 0.844. The van der Waals surface area contributed by atoms with Gasteiger partial charge >= 0.3 is 0 Å². The van der Waals surface area contributed by atoms with Crippen molar-refractivity contribution in [3.8, 4) is 0 Å². The molecule has 0 N–H and O–H groups in total. The third-order valence-corrected chi connectivity index (χ3v) is 5.73. The first-order valence-corrected chi connectivity index (χ1v) is 9.17. The van der Waals surface area contributed by atoms with Crippen LogP contribution in [0.5, 0.6) is 0 Å². The molecule has 2 saturated heterocycles. The molecule has 2 amide bonds. The molecule has 2 heterocycles. The van der Waals surface area contributed by atoms with Crippen LogP contribution in [0.25, 0.3) is 10.8 Å². The van der Waals surface area contributed by atoms with E-state index >= 15 is 0 Å². The van der Waals surface area contributed by atoms with Gasteiger partial charge in [0.15, 0.2) is 0 Å². The van der Waals surface area contributed by atoms with E-state index in [1.54, 1.807) is 4.90 Å². The van der Waals surface area contributed by atoms with Gasteiger partial charge in [0, 0.05) is 32.5 Å². The molecule has 2 atom stereocenters. The molecule has 0 spiro atoms. The Hall–Kier alpha value is -2.36. The minimum absolute atomic E-state index is 0.0884. The maximum absolute atomic E-state index is 13.1. The predicted molar refractivity (Wildman–Crippen MR) is 98.0 cm³/mol. The largest absolute Gasteiger partial charge is 0.346 e. The van der Waals surface area contributed by atoms with Gasteiger partial charge in [0.05, 0.1) is 6.04 Å². The van der Waals surface area contributed by atoms with Crippen LogP contribution in [-0.4, -0.2) is 41.8 Å². The van der Waals surface area contributed by atoms with Gasteiger partial charge in [0.2, 0.25) is 11.8 Å². The van der Waals surface area contributed by atoms with E-state index in [0.717, 1.165) is 25.8 Å². The van der Waals surface area contributed by atoms with Crippen molar-refractivity contribution in [3.63, 3.8) is 0 Å². The molecule has 2 aliphatic rings. The summed E-state index contributed by atoms with van der Waals surface area (Å²) >= 11 is 0. The number of likely N-dealkylation sites (tertiary alicyclic amines) is 2. The third kappa shape index (κ3) is 2.90. The monoisotopic (exact) mass is 336 g/mol. The number of carbonyl (C=O) groups excluding carboxylic acids is 2. The lowest BCUT2D eigenvalue weighted by Gasteiger charge is -2.33. The van der Waals surface area contributed by atoms with Gasteiger partial charge in [-0.2, -0.15) is 0 Å². The summed E-state index contributed by atoms with van der Waals surface area (Å²) in [5.41, 5.74) is 1.24. The van der Waals surface area contributed by atoms with Crippen molar-refractivity contribution in [2.24, 2.45) is 5.92 Å². The van der Waals surface area contributed by atoms with E-state index in [1.807, 2.05) is 18.0 Å². The lowest BCUT2D eigenvalue weighted by molar-refractivity contribution is -0.145. The smallest absolute Gasteiger partial charge is 0.226 e. The molecule has 0 aliphatic carbocycles. The fourth-order valence-corrected chi connectivity index (χ4v) is 4.28. The van der Waals surface area contributed by atoms with Gasteiger partial charge in [-0.15, -0.1) is 0 Å². The number of nitrogens with zero attached hydrogens (tertiary/aromatic N) is 2. The number of amides is 2. The highest BCUT2D eigenvalue weighted by molar-refractivity contribution is 5.89. The lowest BCUT2D eigenvalue weighted by Crippen LogP contribution is -2.43. The molecule has 0 aromatic heterocycles. The maximum Gasteiger partial charge on any atom is 0.226 e. The molecule has 2 aliphatic heterocycles. The highest BCUT2D eigenvalue weighted by Gasteiger charge is 2.37. The molecular weight excluding hydrogens is 312 g/mol. The number of rotatable bonds is 2. The van der Waals surface area contributed by atoms with Crippen LogP contribution in [0.2, 0.25) is 0 Å². The molecule has 2 aromatic rings. The molecular formula is C21H24N2O2. The Labute approximate surface area is 148 Å². The molecule has 2 aromatic carbocycles. The molecule has 4 heteroatoms. The van der Waals surface area contributed by atoms with Crippen molar-refractivity contribution >= 4 is 22.6 Å². The second-order valence-electron chi connectivity index (χ2n) is 7.26. The zero-order valence-electron chi connectivity index (χ0n) is 14.6. The molecule has 4 nitrogen and oxygen atoms in total. The summed E-state index contributed by atoms with van der Waals surface area (Å²) in [4.78, 5) is 28.9. The summed E-state index contributed by atoms with van der Waals surface area (Å²) in [7, 11) is 1.82. The summed E-state index contributed by atoms with van der Waals surface area (Å²) in [6.07, 6.45) is 3.16. The number of benzene rings is 2. The zero-order chi connectivity index (χ0) is 17.4. The molecule has 0 unspecified atom stereocenters. The highest BCUT2D eigenvalue weighted by atomic mass is 16.2. The number of carbonyl (C=O) groups is 2. The van der Waals surface area contributed by atoms with E-state index in [-0.39, 0.29) is 23.8 Å². The van der Waals surface area contributed by atoms with E-state index in [4.69, 9.17) is 0 Å². The Morgan fingerprint density at radius 3 is 2.68 bits per heavy atom. The van der Waals surface area contributed by atoms with E-state index in [2.05, 4.69) is 36.4 Å². The Morgan fingerprint density at radius 1 is 1.04 bits per heavy atom. The first-order valence-electron chi connectivity index (χ1n) is 9.17. The number of fused-ring (bicyclic) bond motifs is 1. The average Bonchev–Trinajstić information content (AvgIpc) is 3.12. The van der Waals surface area contributed by atoms with Crippen LogP contribution < -0.4 is 0 Å². The molecule has 0 saturated carbocycles. The minimum atomic E-state index is -0.153. The van der Waals surface area contributed by atoms with Crippen LogP contribution in [0.15, 0.2) is 42.5 Å². The fourth-order valence-electron chi connectivity index (χ4n) is 4.28. The molecule has 2 fully saturated rings. The first kappa shape index (κ1) is 16.1. The van der Waals surface area contributed by atoms with Crippen molar-refractivity contribution < 1.29 is 9.59 Å². The van der Waals surface area contributed by atoms with Crippen molar-refractivity contribution in [3.05, 3.63) is 48.0 Å². The Balaban J connectivity index is 1.62. The third-order valence-electron chi connectivity index (χ3n) is 5.73. The zero-order valence-corrected chi connectivity index (χ0v) is 14.6. The predicted octanol–water partition coefficient (Wildman–Crippen LogP) is 3.37. The summed E-state index contributed by atoms with van der Waals surface area (Å²) in [5, 5.41) is 2.45. The summed E-state index contributed by atoms with van der Waals surface area (Å²) in [5.74, 6) is 0.0988. The highest BCUT2D eigenvalue weighted by Crippen LogP contribution is 2.37. The van der Waals surface area contributed by atoms with Gasteiger partial charge in [-0.05, 0) is 35.6 Å². The van der Waals surface area contributed by atoms with Crippen LogP contribution in [0.4, 0.5) is 0 Å². The number of piperidine rings is 1. The summed E-state index contributed by atoms with van der Waals surface area (Å²) in [6, 6.07) is 14.9. The van der Waals surface area contributed by atoms with Gasteiger partial charge in [0.25, 0.3) is 0 Å². The van der Waals surface area contributed by atoms with Gasteiger partial charge in [0.1, 0.15) is 0 Å². The van der Waals surface area contributed by atoms with E-state index in [0.29, 0.717) is 13.0 Å². The van der Waals surface area contributed by atoms with Crippen LogP contribution in [0, 0.1) is 5.92 Å². The Morgan fingerprint density at radius 2 is 1.84 bits per heavy atom. The molecule has 0 radical (unpaired) electrons. The van der Waals surface area contributed by atoms with Crippen LogP contribution in [0.1, 0.15) is 37.3 Å². The first-order chi connectivity index (χ1) is 12.1. The van der Waals surface area contributed by atoms with E-state index < -0.39 is 0 Å². The average molecular weight is 336 g/mol. The van der Waals surface area contributed by atoms with Gasteiger partial charge < -0.3 is 9.80 Å². The standard InChI is InChI=1S/C21H24N2O2/c1-22-13-11-16(14-20(22)24)21(25)23-12-5-10-19(23)18-9-4-7-15-6-2-3-8-17(15)18/h2-4,6-9,16,19H,5,10-14H2,1H3/t16-,19+/m0/s1. The Bertz CT molecular complexity index is 811. The number of hydrogen-bond donors (Lipinski definition) is 0. The van der Waals surface area contributed by atoms with Gasteiger partial charge in [-0.3, -0.25) is 9.59 Å². The van der Waals surface area contributed by atoms with Crippen molar-refractivity contribution in [1.82, 2.24) is 9.80 Å². The van der Waals surface area contributed by atoms with Crippen molar-refractivity contribution in [2.45, 2.75) is 31.7 Å². The molecule has 4 rings (SSSR count). The van der Waals surface area contributed by atoms with Crippen molar-refractivity contribution in [2.75, 3.05) is 20.1 Å². The van der Waals surface area contributed by atoms with Gasteiger partial charge in [-0.1, -0.05) is 42.5 Å². The summed E-state index contributed by atoms with van der Waals surface area (Å²) in [6.45, 7) is 1.48. The molecule has 0 bridgehead atoms. The SMILES string of the molecule is CN1CC[C@H](C(=O)N2CCC[C@@H]2c2cccc3ccccc23)CC1=O. The normalized spacial score (nSPS) is 24.1. The van der Waals surface area contributed by atoms with E-state index in [9.17, 15) is 9.59 Å². The van der Waals surface area contributed by atoms with Gasteiger partial charge in [-0.25, -0.2) is 0 Å². The lowest BCUT2D eigenvalue weighted by atomic mass is 9.93. The minimum Gasteiger partial charge on any atom is -0.346 e. The Kier molecular flexibility index (Phi) is 4.20. The second kappa shape index (κ2) is 6.51. The van der Waals surface area contributed by atoms with Crippen molar-refractivity contribution in [1.29, 1.82) is 0 Å². The topological polar surface area (TPSA) is 40.6 Å². The summed E-state index contributed by atoms with van der Waals surface area (Å²) < 4.78 is 0. The van der Waals surface area contributed by atoms with Crippen LogP contribution in [-0.2, 0) is 9.59 Å².